The molecule has 0 saturated heterocycles. The van der Waals surface area contributed by atoms with Crippen molar-refractivity contribution in [3.05, 3.63) is 53.9 Å². The second-order valence-electron chi connectivity index (χ2n) is 3.14. The lowest BCUT2D eigenvalue weighted by Crippen LogP contribution is -2.27. The summed E-state index contributed by atoms with van der Waals surface area (Å²) in [5.41, 5.74) is 0. The zero-order valence-electron chi connectivity index (χ0n) is 8.79. The highest BCUT2D eigenvalue weighted by atomic mass is 32.2. The SMILES string of the molecule is COc1ccc(Sc2cccc[n+]2[O-])cc1. The van der Waals surface area contributed by atoms with Gasteiger partial charge < -0.3 is 9.94 Å². The van der Waals surface area contributed by atoms with Gasteiger partial charge in [-0.25, -0.2) is 0 Å². The summed E-state index contributed by atoms with van der Waals surface area (Å²) in [4.78, 5) is 1.01. The highest BCUT2D eigenvalue weighted by Gasteiger charge is 2.05. The number of aromatic nitrogens is 1. The van der Waals surface area contributed by atoms with E-state index in [0.717, 1.165) is 15.4 Å². The molecule has 0 atom stereocenters. The zero-order valence-corrected chi connectivity index (χ0v) is 9.61. The highest BCUT2D eigenvalue weighted by Crippen LogP contribution is 2.26. The Balaban J connectivity index is 2.18. The Morgan fingerprint density at radius 1 is 1.12 bits per heavy atom. The van der Waals surface area contributed by atoms with Gasteiger partial charge in [-0.3, -0.25) is 0 Å². The van der Waals surface area contributed by atoms with Crippen LogP contribution in [0.1, 0.15) is 0 Å². The summed E-state index contributed by atoms with van der Waals surface area (Å²) >= 11 is 1.43. The fraction of sp³-hybridized carbons (Fsp3) is 0.0833. The normalized spacial score (nSPS) is 10.1. The summed E-state index contributed by atoms with van der Waals surface area (Å²) in [5, 5.41) is 12.1. The average molecular weight is 233 g/mol. The molecule has 2 aromatic rings. The van der Waals surface area contributed by atoms with Crippen LogP contribution in [0.2, 0.25) is 0 Å². The Labute approximate surface area is 98.3 Å². The van der Waals surface area contributed by atoms with Crippen molar-refractivity contribution in [2.24, 2.45) is 0 Å². The van der Waals surface area contributed by atoms with Gasteiger partial charge in [0.05, 0.1) is 7.11 Å². The molecule has 82 valence electrons. The number of methoxy groups -OCH3 is 1. The molecule has 0 amide bonds. The molecule has 0 unspecified atom stereocenters. The van der Waals surface area contributed by atoms with E-state index in [2.05, 4.69) is 0 Å². The maximum absolute atomic E-state index is 11.4. The van der Waals surface area contributed by atoms with E-state index in [1.807, 2.05) is 30.3 Å². The van der Waals surface area contributed by atoms with Gasteiger partial charge in [-0.1, -0.05) is 0 Å². The zero-order chi connectivity index (χ0) is 11.4. The average Bonchev–Trinajstić information content (AvgIpc) is 2.33. The molecule has 1 aromatic heterocycles. The molecule has 0 aliphatic heterocycles. The van der Waals surface area contributed by atoms with Gasteiger partial charge in [0.15, 0.2) is 6.20 Å². The quantitative estimate of drug-likeness (QED) is 0.603. The summed E-state index contributed by atoms with van der Waals surface area (Å²) in [6.45, 7) is 0. The highest BCUT2D eigenvalue weighted by molar-refractivity contribution is 7.99. The molecule has 1 aromatic carbocycles. The van der Waals surface area contributed by atoms with Crippen molar-refractivity contribution in [3.63, 3.8) is 0 Å². The number of hydrogen-bond acceptors (Lipinski definition) is 3. The van der Waals surface area contributed by atoms with Gasteiger partial charge in [0.25, 0.3) is 5.03 Å². The van der Waals surface area contributed by atoms with Crippen LogP contribution in [0.5, 0.6) is 5.75 Å². The van der Waals surface area contributed by atoms with E-state index in [0.29, 0.717) is 5.03 Å². The molecule has 4 heteroatoms. The number of pyridine rings is 1. The van der Waals surface area contributed by atoms with Crippen molar-refractivity contribution >= 4 is 11.8 Å². The van der Waals surface area contributed by atoms with E-state index >= 15 is 0 Å². The summed E-state index contributed by atoms with van der Waals surface area (Å²) in [6.07, 6.45) is 1.49. The molecule has 0 aliphatic rings. The second-order valence-corrected chi connectivity index (χ2v) is 4.24. The number of ether oxygens (including phenoxy) is 1. The number of hydrogen-bond donors (Lipinski definition) is 0. The number of nitrogens with zero attached hydrogens (tertiary/aromatic N) is 1. The maximum Gasteiger partial charge on any atom is 0.256 e. The van der Waals surface area contributed by atoms with Gasteiger partial charge in [0.1, 0.15) is 5.75 Å². The van der Waals surface area contributed by atoms with Crippen molar-refractivity contribution in [1.29, 1.82) is 0 Å². The second kappa shape index (κ2) is 4.90. The minimum Gasteiger partial charge on any atom is -0.618 e. The van der Waals surface area contributed by atoms with E-state index in [1.54, 1.807) is 19.2 Å². The molecule has 0 fully saturated rings. The third kappa shape index (κ3) is 2.46. The van der Waals surface area contributed by atoms with Crippen LogP contribution in [0.25, 0.3) is 0 Å². The van der Waals surface area contributed by atoms with E-state index < -0.39 is 0 Å². The Kier molecular flexibility index (Phi) is 3.31. The molecule has 0 aliphatic carbocycles. The van der Waals surface area contributed by atoms with Crippen LogP contribution >= 0.6 is 11.8 Å². The summed E-state index contributed by atoms with van der Waals surface area (Å²) in [7, 11) is 1.63. The molecule has 16 heavy (non-hydrogen) atoms. The van der Waals surface area contributed by atoms with E-state index in [-0.39, 0.29) is 0 Å². The van der Waals surface area contributed by atoms with Crippen LogP contribution in [-0.2, 0) is 0 Å². The molecule has 0 N–H and O–H groups in total. The largest absolute Gasteiger partial charge is 0.618 e. The third-order valence-electron chi connectivity index (χ3n) is 2.07. The number of benzene rings is 1. The van der Waals surface area contributed by atoms with Crippen molar-refractivity contribution in [3.8, 4) is 5.75 Å². The molecule has 1 heterocycles. The smallest absolute Gasteiger partial charge is 0.256 e. The fourth-order valence-corrected chi connectivity index (χ4v) is 2.07. The molecule has 3 nitrogen and oxygen atoms in total. The standard InChI is InChI=1S/C12H11NO2S/c1-15-10-5-7-11(8-6-10)16-12-4-2-3-9-13(12)14/h2-9H,1H3. The summed E-state index contributed by atoms with van der Waals surface area (Å²) in [6, 6.07) is 13.0. The van der Waals surface area contributed by atoms with E-state index in [4.69, 9.17) is 4.74 Å². The molecule has 0 bridgehead atoms. The first-order chi connectivity index (χ1) is 7.79. The van der Waals surface area contributed by atoms with Gasteiger partial charge >= 0.3 is 0 Å². The Bertz CT molecular complexity index is 471. The minimum atomic E-state index is 0.660. The van der Waals surface area contributed by atoms with Crippen molar-refractivity contribution < 1.29 is 9.47 Å². The molecular formula is C12H11NO2S. The van der Waals surface area contributed by atoms with Crippen molar-refractivity contribution in [1.82, 2.24) is 0 Å². The van der Waals surface area contributed by atoms with Crippen LogP contribution in [0.4, 0.5) is 0 Å². The summed E-state index contributed by atoms with van der Waals surface area (Å²) < 4.78 is 5.92. The van der Waals surface area contributed by atoms with Crippen LogP contribution in [0.15, 0.2) is 58.6 Å². The minimum absolute atomic E-state index is 0.660. The Morgan fingerprint density at radius 2 is 1.88 bits per heavy atom. The van der Waals surface area contributed by atoms with Crippen LogP contribution in [-0.4, -0.2) is 7.11 Å². The first-order valence-electron chi connectivity index (χ1n) is 4.80. The number of rotatable bonds is 3. The first kappa shape index (κ1) is 10.8. The van der Waals surface area contributed by atoms with Gasteiger partial charge in [-0.2, -0.15) is 4.73 Å². The lowest BCUT2D eigenvalue weighted by atomic mass is 10.3. The van der Waals surface area contributed by atoms with Gasteiger partial charge in [-0.05, 0) is 42.1 Å². The monoisotopic (exact) mass is 233 g/mol. The fourth-order valence-electron chi connectivity index (χ4n) is 1.26. The lowest BCUT2D eigenvalue weighted by molar-refractivity contribution is -0.645. The first-order valence-corrected chi connectivity index (χ1v) is 5.61. The predicted molar refractivity (Wildman–Crippen MR) is 62.5 cm³/mol. The van der Waals surface area contributed by atoms with Crippen LogP contribution in [0, 0.1) is 5.21 Å². The topological polar surface area (TPSA) is 36.2 Å². The molecule has 0 radical (unpaired) electrons. The van der Waals surface area contributed by atoms with Crippen LogP contribution in [0.3, 0.4) is 0 Å². The van der Waals surface area contributed by atoms with Gasteiger partial charge in [0, 0.05) is 17.0 Å². The van der Waals surface area contributed by atoms with Crippen LogP contribution < -0.4 is 9.47 Å². The molecule has 2 rings (SSSR count). The van der Waals surface area contributed by atoms with E-state index in [9.17, 15) is 5.21 Å². The summed E-state index contributed by atoms with van der Waals surface area (Å²) in [5.74, 6) is 0.812. The maximum atomic E-state index is 11.4. The van der Waals surface area contributed by atoms with Gasteiger partial charge in [0.2, 0.25) is 0 Å². The third-order valence-corrected chi connectivity index (χ3v) is 3.10. The Hall–Kier alpha value is -1.68. The van der Waals surface area contributed by atoms with Gasteiger partial charge in [-0.15, -0.1) is 0 Å². The molecular weight excluding hydrogens is 222 g/mol. The molecule has 0 saturated carbocycles. The lowest BCUT2D eigenvalue weighted by Gasteiger charge is -2.04. The van der Waals surface area contributed by atoms with Crippen molar-refractivity contribution in [2.75, 3.05) is 7.11 Å². The van der Waals surface area contributed by atoms with Crippen molar-refractivity contribution in [2.45, 2.75) is 9.92 Å². The molecule has 0 spiro atoms. The van der Waals surface area contributed by atoms with E-state index in [1.165, 1.54) is 18.0 Å². The Morgan fingerprint density at radius 3 is 2.50 bits per heavy atom. The predicted octanol–water partition coefficient (Wildman–Crippen LogP) is 2.48.